The standard InChI is InChI=1S/C16H32N4O10P2/c1-2-17-3-4-18(7-14(21)22)12-32(29,30)13-20(9-16(25)26)6-5-19(8-15(23)24)11-31(27,28)10-17/h2-13H2,1H3,(H,21,22)(H,23,24)(H,25,26)(H,27,28)(H,29,30). The third-order valence-corrected chi connectivity index (χ3v) is 8.04. The van der Waals surface area contributed by atoms with Gasteiger partial charge in [0.15, 0.2) is 0 Å². The Morgan fingerprint density at radius 2 is 0.875 bits per heavy atom. The van der Waals surface area contributed by atoms with Crippen LogP contribution in [0.1, 0.15) is 6.92 Å². The maximum absolute atomic E-state index is 12.8. The lowest BCUT2D eigenvalue weighted by Gasteiger charge is -2.33. The van der Waals surface area contributed by atoms with E-state index in [1.165, 1.54) is 9.80 Å². The maximum atomic E-state index is 12.8. The predicted molar refractivity (Wildman–Crippen MR) is 114 cm³/mol. The molecule has 2 unspecified atom stereocenters. The molecule has 1 aliphatic rings. The van der Waals surface area contributed by atoms with E-state index in [4.69, 9.17) is 15.3 Å². The summed E-state index contributed by atoms with van der Waals surface area (Å²) in [5.74, 6) is -3.72. The molecule has 16 heteroatoms. The number of hydrogen-bond acceptors (Lipinski definition) is 9. The molecule has 0 aromatic carbocycles. The normalized spacial score (nSPS) is 28.7. The third kappa shape index (κ3) is 12.0. The second-order valence-corrected chi connectivity index (χ2v) is 12.3. The molecule has 1 rings (SSSR count). The van der Waals surface area contributed by atoms with Gasteiger partial charge >= 0.3 is 17.9 Å². The molecule has 1 heterocycles. The van der Waals surface area contributed by atoms with Crippen LogP contribution in [0.2, 0.25) is 0 Å². The van der Waals surface area contributed by atoms with Crippen LogP contribution >= 0.6 is 14.7 Å². The van der Waals surface area contributed by atoms with Gasteiger partial charge in [0.25, 0.3) is 0 Å². The van der Waals surface area contributed by atoms with Crippen molar-refractivity contribution in [1.82, 2.24) is 19.6 Å². The van der Waals surface area contributed by atoms with Crippen molar-refractivity contribution in [3.8, 4) is 0 Å². The first-order valence-electron chi connectivity index (χ1n) is 9.88. The van der Waals surface area contributed by atoms with Crippen molar-refractivity contribution < 1.29 is 48.6 Å². The molecule has 14 nitrogen and oxygen atoms in total. The quantitative estimate of drug-likeness (QED) is 0.261. The second kappa shape index (κ2) is 12.8. The van der Waals surface area contributed by atoms with Crippen LogP contribution in [0.15, 0.2) is 0 Å². The van der Waals surface area contributed by atoms with Crippen LogP contribution < -0.4 is 0 Å². The van der Waals surface area contributed by atoms with E-state index >= 15 is 0 Å². The van der Waals surface area contributed by atoms with Crippen molar-refractivity contribution >= 4 is 32.6 Å². The van der Waals surface area contributed by atoms with Gasteiger partial charge in [-0.2, -0.15) is 0 Å². The van der Waals surface area contributed by atoms with Crippen LogP contribution in [-0.2, 0) is 23.5 Å². The fraction of sp³-hybridized carbons (Fsp3) is 0.812. The van der Waals surface area contributed by atoms with E-state index < -0.39 is 71.1 Å². The minimum atomic E-state index is -4.02. The van der Waals surface area contributed by atoms with Crippen molar-refractivity contribution in [3.05, 3.63) is 0 Å². The summed E-state index contributed by atoms with van der Waals surface area (Å²) in [4.78, 5) is 59.7. The third-order valence-electron chi connectivity index (χ3n) is 4.67. The highest BCUT2D eigenvalue weighted by molar-refractivity contribution is 7.58. The highest BCUT2D eigenvalue weighted by Crippen LogP contribution is 2.43. The Balaban J connectivity index is 3.22. The Morgan fingerprint density at radius 3 is 1.12 bits per heavy atom. The SMILES string of the molecule is CCN1CCN(CC(=O)O)CP(=O)(O)CN(CC(=O)O)CCN(CC(=O)O)CP(=O)(O)C1. The number of aliphatic carboxylic acids is 3. The summed E-state index contributed by atoms with van der Waals surface area (Å²) in [6, 6.07) is 0. The molecule has 0 aromatic heterocycles. The first kappa shape index (κ1) is 28.7. The zero-order valence-corrected chi connectivity index (χ0v) is 19.7. The first-order chi connectivity index (χ1) is 14.7. The zero-order valence-electron chi connectivity index (χ0n) is 17.9. The van der Waals surface area contributed by atoms with Crippen LogP contribution in [0, 0.1) is 0 Å². The summed E-state index contributed by atoms with van der Waals surface area (Å²) in [6.07, 6.45) is -1.77. The molecule has 0 bridgehead atoms. The summed E-state index contributed by atoms with van der Waals surface area (Å²) < 4.78 is 25.6. The largest absolute Gasteiger partial charge is 0.480 e. The molecule has 0 spiro atoms. The van der Waals surface area contributed by atoms with Crippen LogP contribution in [0.3, 0.4) is 0 Å². The van der Waals surface area contributed by atoms with Gasteiger partial charge in [0.05, 0.1) is 44.8 Å². The Hall–Kier alpha value is -1.37. The summed E-state index contributed by atoms with van der Waals surface area (Å²) in [5.41, 5.74) is 0. The molecule has 0 amide bonds. The van der Waals surface area contributed by atoms with E-state index in [-0.39, 0.29) is 32.5 Å². The average molecular weight is 502 g/mol. The van der Waals surface area contributed by atoms with Gasteiger partial charge in [0.1, 0.15) is 0 Å². The van der Waals surface area contributed by atoms with Gasteiger partial charge in [0.2, 0.25) is 14.7 Å². The summed E-state index contributed by atoms with van der Waals surface area (Å²) >= 11 is 0. The minimum Gasteiger partial charge on any atom is -0.480 e. The second-order valence-electron chi connectivity index (χ2n) is 7.81. The molecule has 186 valence electrons. The lowest BCUT2D eigenvalue weighted by molar-refractivity contribution is -0.139. The van der Waals surface area contributed by atoms with E-state index in [9.17, 15) is 33.3 Å². The lowest BCUT2D eigenvalue weighted by atomic mass is 10.4. The number of carboxylic acids is 3. The van der Waals surface area contributed by atoms with E-state index in [1.807, 2.05) is 0 Å². The fourth-order valence-electron chi connectivity index (χ4n) is 3.41. The highest BCUT2D eigenvalue weighted by atomic mass is 31.2. The van der Waals surface area contributed by atoms with Crippen molar-refractivity contribution in [1.29, 1.82) is 0 Å². The Bertz CT molecular complexity index is 767. The molecule has 0 aliphatic carbocycles. The molecule has 5 N–H and O–H groups in total. The Morgan fingerprint density at radius 1 is 0.625 bits per heavy atom. The van der Waals surface area contributed by atoms with Gasteiger partial charge in [-0.3, -0.25) is 43.1 Å². The summed E-state index contributed by atoms with van der Waals surface area (Å²) in [6.45, 7) is 0.327. The van der Waals surface area contributed by atoms with Gasteiger partial charge in [-0.05, 0) is 6.54 Å². The monoisotopic (exact) mass is 502 g/mol. The Labute approximate surface area is 185 Å². The number of nitrogens with zero attached hydrogens (tertiary/aromatic N) is 4. The fourth-order valence-corrected chi connectivity index (χ4v) is 7.15. The molecule has 1 saturated heterocycles. The number of hydrogen-bond donors (Lipinski definition) is 5. The minimum absolute atomic E-state index is 0.0302. The number of carbonyl (C=O) groups is 3. The van der Waals surface area contributed by atoms with Crippen LogP contribution in [-0.4, -0.2) is 140 Å². The first-order valence-corrected chi connectivity index (χ1v) is 13.9. The summed E-state index contributed by atoms with van der Waals surface area (Å²) in [5, 5.41) is 27.4. The molecule has 2 atom stereocenters. The van der Waals surface area contributed by atoms with Crippen LogP contribution in [0.4, 0.5) is 0 Å². The molecule has 1 fully saturated rings. The lowest BCUT2D eigenvalue weighted by Crippen LogP contribution is -2.43. The molecule has 32 heavy (non-hydrogen) atoms. The van der Waals surface area contributed by atoms with E-state index in [0.717, 1.165) is 4.90 Å². The number of likely N-dealkylation sites (N-methyl/N-ethyl adjacent to an activating group) is 1. The van der Waals surface area contributed by atoms with Crippen molar-refractivity contribution in [2.45, 2.75) is 6.92 Å². The van der Waals surface area contributed by atoms with Crippen LogP contribution in [0.25, 0.3) is 0 Å². The van der Waals surface area contributed by atoms with E-state index in [0.29, 0.717) is 6.54 Å². The molecular weight excluding hydrogens is 470 g/mol. The Kier molecular flexibility index (Phi) is 11.4. The highest BCUT2D eigenvalue weighted by Gasteiger charge is 2.31. The van der Waals surface area contributed by atoms with Gasteiger partial charge in [-0.1, -0.05) is 6.92 Å². The average Bonchev–Trinajstić information content (AvgIpc) is 2.59. The number of carboxylic acid groups (broad SMARTS) is 3. The van der Waals surface area contributed by atoms with Gasteiger partial charge in [-0.15, -0.1) is 0 Å². The van der Waals surface area contributed by atoms with E-state index in [2.05, 4.69) is 0 Å². The molecule has 0 aromatic rings. The maximum Gasteiger partial charge on any atom is 0.317 e. The summed E-state index contributed by atoms with van der Waals surface area (Å²) in [7, 11) is -7.88. The van der Waals surface area contributed by atoms with Gasteiger partial charge in [-0.25, -0.2) is 0 Å². The molecular formula is C16H32N4O10P2. The van der Waals surface area contributed by atoms with Crippen LogP contribution in [0.5, 0.6) is 0 Å². The smallest absolute Gasteiger partial charge is 0.317 e. The van der Waals surface area contributed by atoms with Gasteiger partial charge < -0.3 is 25.1 Å². The van der Waals surface area contributed by atoms with Crippen molar-refractivity contribution in [3.63, 3.8) is 0 Å². The van der Waals surface area contributed by atoms with Crippen molar-refractivity contribution in [2.75, 3.05) is 77.5 Å². The molecule has 0 saturated carbocycles. The zero-order chi connectivity index (χ0) is 24.5. The predicted octanol–water partition coefficient (Wildman–Crippen LogP) is -1.15. The van der Waals surface area contributed by atoms with E-state index in [1.54, 1.807) is 11.8 Å². The van der Waals surface area contributed by atoms with Crippen molar-refractivity contribution in [2.24, 2.45) is 0 Å². The molecule has 0 radical (unpaired) electrons. The van der Waals surface area contributed by atoms with Gasteiger partial charge in [0, 0.05) is 26.2 Å². The number of rotatable bonds is 7. The molecule has 1 aliphatic heterocycles. The topological polar surface area (TPSA) is 199 Å².